The van der Waals surface area contributed by atoms with E-state index in [0.29, 0.717) is 42.7 Å². The number of hydrogen-bond donors (Lipinski definition) is 2. The van der Waals surface area contributed by atoms with Gasteiger partial charge in [-0.2, -0.15) is 0 Å². The van der Waals surface area contributed by atoms with Gasteiger partial charge in [-0.3, -0.25) is 0 Å². The van der Waals surface area contributed by atoms with Crippen molar-refractivity contribution in [3.8, 4) is 22.9 Å². The molecule has 3 heterocycles. The Kier molecular flexibility index (Phi) is 8.66. The number of pyridine rings is 2. The van der Waals surface area contributed by atoms with Crippen molar-refractivity contribution in [3.63, 3.8) is 0 Å². The van der Waals surface area contributed by atoms with E-state index >= 15 is 0 Å². The average Bonchev–Trinajstić information content (AvgIpc) is 3.47. The molecule has 0 radical (unpaired) electrons. The number of aromatic nitrogens is 3. The Labute approximate surface area is 246 Å². The van der Waals surface area contributed by atoms with Crippen molar-refractivity contribution in [2.24, 2.45) is 0 Å². The first-order valence-corrected chi connectivity index (χ1v) is 14.0. The van der Waals surface area contributed by atoms with E-state index in [0.717, 1.165) is 44.9 Å². The van der Waals surface area contributed by atoms with Crippen molar-refractivity contribution in [3.05, 3.63) is 90.1 Å². The Bertz CT molecular complexity index is 1680. The second-order valence-electron chi connectivity index (χ2n) is 10.3. The van der Waals surface area contributed by atoms with Gasteiger partial charge >= 0.3 is 0 Å². The van der Waals surface area contributed by atoms with Crippen LogP contribution in [0.15, 0.2) is 77.7 Å². The number of hydrogen-bond acceptors (Lipinski definition) is 9. The maximum Gasteiger partial charge on any atom is 0.222 e. The summed E-state index contributed by atoms with van der Waals surface area (Å²) in [6.07, 6.45) is 3.19. The molecule has 42 heavy (non-hydrogen) atoms. The van der Waals surface area contributed by atoms with Crippen molar-refractivity contribution in [2.45, 2.75) is 46.8 Å². The Morgan fingerprint density at radius 3 is 2.57 bits per heavy atom. The first-order chi connectivity index (χ1) is 20.4. The minimum Gasteiger partial charge on any atom is -0.497 e. The van der Waals surface area contributed by atoms with Crippen LogP contribution >= 0.6 is 0 Å². The van der Waals surface area contributed by atoms with Crippen molar-refractivity contribution in [1.82, 2.24) is 15.0 Å². The zero-order valence-corrected chi connectivity index (χ0v) is 24.6. The molecule has 0 amide bonds. The van der Waals surface area contributed by atoms with E-state index in [1.54, 1.807) is 20.2 Å². The van der Waals surface area contributed by atoms with Gasteiger partial charge in [-0.1, -0.05) is 24.3 Å². The summed E-state index contributed by atoms with van der Waals surface area (Å²) in [5, 5.41) is 12.3. The number of ether oxygens (including phenoxy) is 2. The number of nitrogens with one attached hydrogen (secondary N) is 2. The molecular weight excluding hydrogens is 528 g/mol. The van der Waals surface area contributed by atoms with E-state index in [-0.39, 0.29) is 6.04 Å². The van der Waals surface area contributed by atoms with Gasteiger partial charge in [0.1, 0.15) is 17.0 Å². The molecular formula is C33H36N6O3. The smallest absolute Gasteiger partial charge is 0.222 e. The normalized spacial score (nSPS) is 11.1. The van der Waals surface area contributed by atoms with Crippen LogP contribution in [0.5, 0.6) is 11.6 Å². The highest BCUT2D eigenvalue weighted by Crippen LogP contribution is 2.38. The third-order valence-corrected chi connectivity index (χ3v) is 6.79. The molecule has 0 atom stereocenters. The Balaban J connectivity index is 1.73. The lowest BCUT2D eigenvalue weighted by Crippen LogP contribution is -2.26. The van der Waals surface area contributed by atoms with Gasteiger partial charge in [-0.15, -0.1) is 0 Å². The molecule has 0 aliphatic heterocycles. The maximum absolute atomic E-state index is 8.72. The molecule has 0 spiro atoms. The number of benzene rings is 2. The zero-order chi connectivity index (χ0) is 29.6. The molecule has 0 aliphatic carbocycles. The molecule has 3 aromatic heterocycles. The van der Waals surface area contributed by atoms with E-state index < -0.39 is 0 Å². The lowest BCUT2D eigenvalue weighted by atomic mass is 10.0. The van der Waals surface area contributed by atoms with Crippen LogP contribution in [0.3, 0.4) is 0 Å². The summed E-state index contributed by atoms with van der Waals surface area (Å²) in [6, 6.07) is 20.0. The topological polar surface area (TPSA) is 109 Å². The molecule has 216 valence electrons. The fourth-order valence-corrected chi connectivity index (χ4v) is 4.91. The molecule has 9 nitrogen and oxygen atoms in total. The van der Waals surface area contributed by atoms with Gasteiger partial charge in [0, 0.05) is 30.9 Å². The molecule has 0 saturated carbocycles. The van der Waals surface area contributed by atoms with Crippen LogP contribution in [0.1, 0.15) is 44.5 Å². The molecule has 0 unspecified atom stereocenters. The molecule has 0 aliphatic rings. The number of fused-ring (bicyclic) bond motifs is 1. The number of rotatable bonds is 12. The summed E-state index contributed by atoms with van der Waals surface area (Å²) in [7, 11) is 1.66. The SMILES string of the molecule is CCOc1ncccc1-c1cc(N(Cc2ccc(OC)cc2)Cc2cccc3ncoc23)c(NC(C)C)c(C(C)=N)n1. The molecule has 2 aromatic carbocycles. The summed E-state index contributed by atoms with van der Waals surface area (Å²) in [4.78, 5) is 16.1. The summed E-state index contributed by atoms with van der Waals surface area (Å²) >= 11 is 0. The van der Waals surface area contributed by atoms with Crippen LogP contribution in [0.25, 0.3) is 22.4 Å². The lowest BCUT2D eigenvalue weighted by molar-refractivity contribution is 0.328. The highest BCUT2D eigenvalue weighted by Gasteiger charge is 2.23. The Hall–Kier alpha value is -4.92. The van der Waals surface area contributed by atoms with E-state index in [2.05, 4.69) is 58.3 Å². The van der Waals surface area contributed by atoms with Crippen LogP contribution in [-0.4, -0.2) is 40.4 Å². The summed E-state index contributed by atoms with van der Waals surface area (Å²) in [5.74, 6) is 1.30. The Morgan fingerprint density at radius 1 is 1.05 bits per heavy atom. The molecule has 5 rings (SSSR count). The van der Waals surface area contributed by atoms with Crippen LogP contribution in [-0.2, 0) is 13.1 Å². The highest BCUT2D eigenvalue weighted by atomic mass is 16.5. The summed E-state index contributed by atoms with van der Waals surface area (Å²) < 4.78 is 17.1. The minimum absolute atomic E-state index is 0.104. The van der Waals surface area contributed by atoms with E-state index in [9.17, 15) is 0 Å². The van der Waals surface area contributed by atoms with Crippen LogP contribution in [0.2, 0.25) is 0 Å². The average molecular weight is 565 g/mol. The van der Waals surface area contributed by atoms with Gasteiger partial charge in [0.25, 0.3) is 0 Å². The largest absolute Gasteiger partial charge is 0.497 e. The first-order valence-electron chi connectivity index (χ1n) is 14.0. The van der Waals surface area contributed by atoms with Crippen molar-refractivity contribution < 1.29 is 13.9 Å². The van der Waals surface area contributed by atoms with Gasteiger partial charge in [-0.25, -0.2) is 15.0 Å². The van der Waals surface area contributed by atoms with E-state index in [1.807, 2.05) is 43.3 Å². The lowest BCUT2D eigenvalue weighted by Gasteiger charge is -2.30. The first kappa shape index (κ1) is 28.6. The summed E-state index contributed by atoms with van der Waals surface area (Å²) in [6.45, 7) is 9.43. The molecule has 9 heteroatoms. The maximum atomic E-state index is 8.72. The predicted molar refractivity (Wildman–Crippen MR) is 167 cm³/mol. The third-order valence-electron chi connectivity index (χ3n) is 6.79. The Morgan fingerprint density at radius 2 is 1.86 bits per heavy atom. The van der Waals surface area contributed by atoms with Crippen LogP contribution < -0.4 is 19.7 Å². The monoisotopic (exact) mass is 564 g/mol. The van der Waals surface area contributed by atoms with Crippen molar-refractivity contribution in [2.75, 3.05) is 23.9 Å². The minimum atomic E-state index is 0.104. The van der Waals surface area contributed by atoms with Gasteiger partial charge in [-0.05, 0) is 69.7 Å². The molecule has 2 N–H and O–H groups in total. The van der Waals surface area contributed by atoms with Gasteiger partial charge < -0.3 is 29.5 Å². The van der Waals surface area contributed by atoms with Gasteiger partial charge in [0.2, 0.25) is 5.88 Å². The summed E-state index contributed by atoms with van der Waals surface area (Å²) in [5.41, 5.74) is 7.70. The fraction of sp³-hybridized carbons (Fsp3) is 0.273. The number of nitrogens with zero attached hydrogens (tertiary/aromatic N) is 4. The second kappa shape index (κ2) is 12.7. The number of para-hydroxylation sites is 1. The highest BCUT2D eigenvalue weighted by molar-refractivity contribution is 6.03. The van der Waals surface area contributed by atoms with Crippen molar-refractivity contribution >= 4 is 28.2 Å². The third kappa shape index (κ3) is 6.20. The zero-order valence-electron chi connectivity index (χ0n) is 24.6. The predicted octanol–water partition coefficient (Wildman–Crippen LogP) is 7.11. The quantitative estimate of drug-likeness (QED) is 0.154. The number of oxazole rings is 1. The standard InChI is InChI=1S/C33H36N6O3/c1-6-41-33-26(10-8-16-35-33)28-17-29(31(37-21(2)3)30(38-28)22(4)34)39(18-23-12-14-25(40-5)15-13-23)19-24-9-7-11-27-32(24)42-20-36-27/h7-17,20-21,34,37H,6,18-19H2,1-5H3. The molecule has 0 saturated heterocycles. The van der Waals surface area contributed by atoms with Crippen molar-refractivity contribution in [1.29, 1.82) is 5.41 Å². The van der Waals surface area contributed by atoms with Gasteiger partial charge in [0.15, 0.2) is 12.0 Å². The number of anilines is 2. The number of methoxy groups -OCH3 is 1. The van der Waals surface area contributed by atoms with E-state index in [4.69, 9.17) is 24.3 Å². The van der Waals surface area contributed by atoms with Crippen LogP contribution in [0.4, 0.5) is 11.4 Å². The van der Waals surface area contributed by atoms with Gasteiger partial charge in [0.05, 0.1) is 42.1 Å². The second-order valence-corrected chi connectivity index (χ2v) is 10.3. The molecule has 5 aromatic rings. The van der Waals surface area contributed by atoms with E-state index in [1.165, 1.54) is 6.39 Å². The fourth-order valence-electron chi connectivity index (χ4n) is 4.91. The molecule has 0 bridgehead atoms. The van der Waals surface area contributed by atoms with Crippen LogP contribution in [0, 0.1) is 5.41 Å². The molecule has 0 fully saturated rings.